The van der Waals surface area contributed by atoms with Crippen LogP contribution in [0.2, 0.25) is 0 Å². The summed E-state index contributed by atoms with van der Waals surface area (Å²) in [5.74, 6) is 0.842. The molecule has 1 aromatic rings. The van der Waals surface area contributed by atoms with Crippen LogP contribution in [0.1, 0.15) is 18.2 Å². The van der Waals surface area contributed by atoms with Gasteiger partial charge in [-0.3, -0.25) is 4.79 Å². The minimum Gasteiger partial charge on any atom is -0.467 e. The maximum absolute atomic E-state index is 11.3. The largest absolute Gasteiger partial charge is 0.467 e. The van der Waals surface area contributed by atoms with Crippen LogP contribution in [0, 0.1) is 0 Å². The number of hydrogen-bond donors (Lipinski definition) is 1. The molecule has 2 heterocycles. The Bertz CT molecular complexity index is 307. The summed E-state index contributed by atoms with van der Waals surface area (Å²) in [5, 5.41) is 0. The lowest BCUT2D eigenvalue weighted by Gasteiger charge is -2.20. The van der Waals surface area contributed by atoms with Crippen LogP contribution in [0.3, 0.4) is 0 Å². The summed E-state index contributed by atoms with van der Waals surface area (Å²) >= 11 is 0. The van der Waals surface area contributed by atoms with Crippen molar-refractivity contribution in [3.05, 3.63) is 24.2 Å². The van der Waals surface area contributed by atoms with Crippen molar-refractivity contribution in [3.8, 4) is 0 Å². The quantitative estimate of drug-likeness (QED) is 0.685. The summed E-state index contributed by atoms with van der Waals surface area (Å²) in [6.45, 7) is 0. The van der Waals surface area contributed by atoms with Crippen LogP contribution < -0.4 is 5.73 Å². The second-order valence-corrected chi connectivity index (χ2v) is 3.33. The third-order valence-electron chi connectivity index (χ3n) is 2.46. The van der Waals surface area contributed by atoms with E-state index in [1.54, 1.807) is 24.3 Å². The number of carbonyl (C=O) groups is 1. The molecule has 1 aromatic heterocycles. The fourth-order valence-electron chi connectivity index (χ4n) is 1.76. The maximum atomic E-state index is 11.3. The average Bonchev–Trinajstić information content (AvgIpc) is 2.63. The van der Waals surface area contributed by atoms with E-state index in [-0.39, 0.29) is 18.0 Å². The Balaban J connectivity index is 2.29. The van der Waals surface area contributed by atoms with Crippen LogP contribution >= 0.6 is 0 Å². The monoisotopic (exact) mass is 180 g/mol. The molecule has 1 fully saturated rings. The van der Waals surface area contributed by atoms with E-state index in [0.717, 1.165) is 5.76 Å². The van der Waals surface area contributed by atoms with Crippen molar-refractivity contribution in [2.75, 3.05) is 7.05 Å². The van der Waals surface area contributed by atoms with Crippen molar-refractivity contribution in [3.63, 3.8) is 0 Å². The molecule has 0 aromatic carbocycles. The molecule has 4 nitrogen and oxygen atoms in total. The average molecular weight is 180 g/mol. The fraction of sp³-hybridized carbons (Fsp3) is 0.444. The van der Waals surface area contributed by atoms with E-state index in [0.29, 0.717) is 6.42 Å². The Morgan fingerprint density at radius 3 is 2.92 bits per heavy atom. The molecule has 0 spiro atoms. The molecule has 13 heavy (non-hydrogen) atoms. The van der Waals surface area contributed by atoms with Crippen LogP contribution in [-0.2, 0) is 4.79 Å². The summed E-state index contributed by atoms with van der Waals surface area (Å²) in [6.07, 6.45) is 2.00. The zero-order chi connectivity index (χ0) is 9.42. The molecule has 1 amide bonds. The van der Waals surface area contributed by atoms with Gasteiger partial charge in [-0.15, -0.1) is 0 Å². The molecular weight excluding hydrogens is 168 g/mol. The van der Waals surface area contributed by atoms with Crippen LogP contribution in [0.25, 0.3) is 0 Å². The highest BCUT2D eigenvalue weighted by molar-refractivity contribution is 5.79. The number of nitrogens with two attached hydrogens (primary N) is 1. The van der Waals surface area contributed by atoms with E-state index >= 15 is 0 Å². The topological polar surface area (TPSA) is 59.5 Å². The van der Waals surface area contributed by atoms with E-state index in [1.165, 1.54) is 0 Å². The van der Waals surface area contributed by atoms with E-state index in [4.69, 9.17) is 10.2 Å². The van der Waals surface area contributed by atoms with Gasteiger partial charge in [0.15, 0.2) is 0 Å². The number of likely N-dealkylation sites (N-methyl/N-ethyl adjacent to an activating group) is 1. The van der Waals surface area contributed by atoms with Crippen molar-refractivity contribution >= 4 is 5.91 Å². The van der Waals surface area contributed by atoms with Gasteiger partial charge in [0.2, 0.25) is 5.91 Å². The molecule has 0 aliphatic carbocycles. The Hall–Kier alpha value is -1.29. The minimum atomic E-state index is -0.149. The van der Waals surface area contributed by atoms with Crippen molar-refractivity contribution < 1.29 is 9.21 Å². The third kappa shape index (κ3) is 1.23. The van der Waals surface area contributed by atoms with Crippen LogP contribution in [0.15, 0.2) is 22.8 Å². The third-order valence-corrected chi connectivity index (χ3v) is 2.46. The molecule has 2 unspecified atom stereocenters. The Morgan fingerprint density at radius 2 is 2.46 bits per heavy atom. The number of rotatable bonds is 1. The van der Waals surface area contributed by atoms with E-state index in [9.17, 15) is 4.79 Å². The van der Waals surface area contributed by atoms with Crippen molar-refractivity contribution in [1.29, 1.82) is 0 Å². The second kappa shape index (κ2) is 2.88. The highest BCUT2D eigenvalue weighted by atomic mass is 16.3. The molecule has 1 aliphatic rings. The summed E-state index contributed by atoms with van der Waals surface area (Å²) < 4.78 is 5.23. The molecular formula is C9H12N2O2. The Labute approximate surface area is 76.3 Å². The van der Waals surface area contributed by atoms with Gasteiger partial charge in [-0.05, 0) is 12.1 Å². The smallest absolute Gasteiger partial charge is 0.224 e. The van der Waals surface area contributed by atoms with Gasteiger partial charge in [-0.2, -0.15) is 0 Å². The normalized spacial score (nSPS) is 28.5. The molecule has 0 saturated carbocycles. The van der Waals surface area contributed by atoms with Gasteiger partial charge in [-0.25, -0.2) is 0 Å². The molecule has 0 bridgehead atoms. The highest BCUT2D eigenvalue weighted by Gasteiger charge is 2.37. The number of carbonyl (C=O) groups excluding carboxylic acids is 1. The molecule has 2 rings (SSSR count). The first-order valence-corrected chi connectivity index (χ1v) is 4.25. The van der Waals surface area contributed by atoms with Crippen LogP contribution in [-0.4, -0.2) is 23.9 Å². The van der Waals surface area contributed by atoms with Gasteiger partial charge in [0.25, 0.3) is 0 Å². The lowest BCUT2D eigenvalue weighted by Crippen LogP contribution is -2.29. The summed E-state index contributed by atoms with van der Waals surface area (Å²) in [5.41, 5.74) is 5.83. The summed E-state index contributed by atoms with van der Waals surface area (Å²) in [4.78, 5) is 12.9. The van der Waals surface area contributed by atoms with Crippen molar-refractivity contribution in [1.82, 2.24) is 4.90 Å². The number of likely N-dealkylation sites (tertiary alicyclic amines) is 1. The predicted molar refractivity (Wildman–Crippen MR) is 46.8 cm³/mol. The predicted octanol–water partition coefficient (Wildman–Crippen LogP) is 0.510. The van der Waals surface area contributed by atoms with Gasteiger partial charge in [0, 0.05) is 19.5 Å². The first-order valence-electron chi connectivity index (χ1n) is 4.25. The lowest BCUT2D eigenvalue weighted by atomic mass is 10.1. The van der Waals surface area contributed by atoms with E-state index < -0.39 is 0 Å². The van der Waals surface area contributed by atoms with Gasteiger partial charge < -0.3 is 15.1 Å². The van der Waals surface area contributed by atoms with E-state index in [1.807, 2.05) is 6.07 Å². The van der Waals surface area contributed by atoms with Crippen molar-refractivity contribution in [2.24, 2.45) is 5.73 Å². The zero-order valence-corrected chi connectivity index (χ0v) is 7.43. The highest BCUT2D eigenvalue weighted by Crippen LogP contribution is 2.30. The van der Waals surface area contributed by atoms with Crippen LogP contribution in [0.4, 0.5) is 0 Å². The summed E-state index contributed by atoms with van der Waals surface area (Å²) in [6, 6.07) is 3.41. The fourth-order valence-corrected chi connectivity index (χ4v) is 1.76. The SMILES string of the molecule is CN1C(=O)CC(N)C1c1ccco1. The van der Waals surface area contributed by atoms with Crippen LogP contribution in [0.5, 0.6) is 0 Å². The van der Waals surface area contributed by atoms with Gasteiger partial charge in [0.05, 0.1) is 6.26 Å². The molecule has 70 valence electrons. The Kier molecular flexibility index (Phi) is 1.84. The standard InChI is InChI=1S/C9H12N2O2/c1-11-8(12)5-6(10)9(11)7-3-2-4-13-7/h2-4,6,9H,5,10H2,1H3. The van der Waals surface area contributed by atoms with Gasteiger partial charge >= 0.3 is 0 Å². The molecule has 2 atom stereocenters. The molecule has 1 saturated heterocycles. The molecule has 0 radical (unpaired) electrons. The first kappa shape index (κ1) is 8.31. The van der Waals surface area contributed by atoms with E-state index in [2.05, 4.69) is 0 Å². The molecule has 2 N–H and O–H groups in total. The maximum Gasteiger partial charge on any atom is 0.224 e. The second-order valence-electron chi connectivity index (χ2n) is 3.33. The molecule has 1 aliphatic heterocycles. The number of hydrogen-bond acceptors (Lipinski definition) is 3. The number of amides is 1. The van der Waals surface area contributed by atoms with Gasteiger partial charge in [-0.1, -0.05) is 0 Å². The Morgan fingerprint density at radius 1 is 1.69 bits per heavy atom. The van der Waals surface area contributed by atoms with Gasteiger partial charge in [0.1, 0.15) is 11.8 Å². The minimum absolute atomic E-state index is 0.0777. The molecule has 4 heteroatoms. The zero-order valence-electron chi connectivity index (χ0n) is 7.43. The first-order chi connectivity index (χ1) is 6.20. The number of nitrogens with zero attached hydrogens (tertiary/aromatic N) is 1. The summed E-state index contributed by atoms with van der Waals surface area (Å²) in [7, 11) is 1.75. The number of furan rings is 1. The lowest BCUT2D eigenvalue weighted by molar-refractivity contribution is -0.127. The van der Waals surface area contributed by atoms with Crippen molar-refractivity contribution in [2.45, 2.75) is 18.5 Å².